The van der Waals surface area contributed by atoms with Crippen molar-refractivity contribution in [2.45, 2.75) is 20.8 Å². The van der Waals surface area contributed by atoms with E-state index in [-0.39, 0.29) is 5.75 Å². The number of benzene rings is 2. The van der Waals surface area contributed by atoms with Gasteiger partial charge in [-0.3, -0.25) is 0 Å². The van der Waals surface area contributed by atoms with Crippen LogP contribution in [0.25, 0.3) is 28.2 Å². The van der Waals surface area contributed by atoms with Crippen LogP contribution in [0.4, 0.5) is 11.4 Å². The normalized spacial score (nSPS) is 11.2. The maximum atomic E-state index is 10.6. The molecule has 0 aliphatic carbocycles. The second-order valence-corrected chi connectivity index (χ2v) is 7.53. The van der Waals surface area contributed by atoms with Gasteiger partial charge in [-0.25, -0.2) is 9.97 Å². The van der Waals surface area contributed by atoms with E-state index in [1.807, 2.05) is 55.6 Å². The number of aryl methyl sites for hydroxylation is 3. The van der Waals surface area contributed by atoms with Gasteiger partial charge in [-0.2, -0.15) is 0 Å². The minimum Gasteiger partial charge on any atom is -0.507 e. The molecule has 0 amide bonds. The molecule has 0 aliphatic rings. The van der Waals surface area contributed by atoms with Crippen LogP contribution in [0.5, 0.6) is 5.75 Å². The van der Waals surface area contributed by atoms with E-state index in [9.17, 15) is 5.11 Å². The molecule has 3 heterocycles. The number of aromatic nitrogens is 3. The molecule has 5 rings (SSSR count). The van der Waals surface area contributed by atoms with Crippen molar-refractivity contribution in [2.75, 3.05) is 5.32 Å². The summed E-state index contributed by atoms with van der Waals surface area (Å²) in [6, 6.07) is 19.5. The predicted molar refractivity (Wildman–Crippen MR) is 122 cm³/mol. The number of oxazole rings is 1. The third-order valence-electron chi connectivity index (χ3n) is 5.36. The van der Waals surface area contributed by atoms with E-state index >= 15 is 0 Å². The van der Waals surface area contributed by atoms with Crippen molar-refractivity contribution >= 4 is 17.0 Å². The summed E-state index contributed by atoms with van der Waals surface area (Å²) >= 11 is 0. The van der Waals surface area contributed by atoms with Gasteiger partial charge < -0.3 is 19.2 Å². The summed E-state index contributed by atoms with van der Waals surface area (Å²) in [6.07, 6.45) is 2.00. The Kier molecular flexibility index (Phi) is 4.47. The maximum Gasteiger partial charge on any atom is 0.192 e. The molecule has 2 N–H and O–H groups in total. The Labute approximate surface area is 179 Å². The second kappa shape index (κ2) is 7.32. The van der Waals surface area contributed by atoms with Gasteiger partial charge >= 0.3 is 0 Å². The number of hydrogen-bond acceptors (Lipinski definition) is 5. The standard InChI is InChI=1S/C25H22N4O2/c1-15-24(31-17(3)26-15)20-12-11-19(14-22(20)30)27-21-10-7-13-29-16(2)23(28-25(21)29)18-8-5-4-6-9-18/h4-14,27,30H,1-3H3. The topological polar surface area (TPSA) is 75.6 Å². The third kappa shape index (κ3) is 3.32. The number of hydrogen-bond donors (Lipinski definition) is 2. The van der Waals surface area contributed by atoms with Crippen LogP contribution in [0.1, 0.15) is 17.3 Å². The molecule has 6 heteroatoms. The fourth-order valence-corrected chi connectivity index (χ4v) is 3.89. The summed E-state index contributed by atoms with van der Waals surface area (Å²) in [7, 11) is 0. The van der Waals surface area contributed by atoms with Crippen molar-refractivity contribution < 1.29 is 9.52 Å². The number of nitrogens with zero attached hydrogens (tertiary/aromatic N) is 3. The Balaban J connectivity index is 1.52. The van der Waals surface area contributed by atoms with E-state index < -0.39 is 0 Å². The van der Waals surface area contributed by atoms with E-state index in [4.69, 9.17) is 9.40 Å². The van der Waals surface area contributed by atoms with E-state index in [0.29, 0.717) is 17.2 Å². The molecule has 154 valence electrons. The average molecular weight is 410 g/mol. The smallest absolute Gasteiger partial charge is 0.192 e. The highest BCUT2D eigenvalue weighted by molar-refractivity contribution is 5.80. The first-order valence-corrected chi connectivity index (χ1v) is 10.1. The summed E-state index contributed by atoms with van der Waals surface area (Å²) in [5.74, 6) is 1.28. The zero-order valence-electron chi connectivity index (χ0n) is 17.5. The molecule has 5 aromatic rings. The van der Waals surface area contributed by atoms with Gasteiger partial charge in [-0.15, -0.1) is 0 Å². The lowest BCUT2D eigenvalue weighted by atomic mass is 10.1. The molecular formula is C25H22N4O2. The number of nitrogens with one attached hydrogen (secondary N) is 1. The van der Waals surface area contributed by atoms with Gasteiger partial charge in [0.1, 0.15) is 5.75 Å². The minimum atomic E-state index is 0.126. The zero-order valence-corrected chi connectivity index (χ0v) is 17.5. The summed E-state index contributed by atoms with van der Waals surface area (Å²) in [5, 5.41) is 14.0. The van der Waals surface area contributed by atoms with Crippen LogP contribution < -0.4 is 5.32 Å². The molecule has 3 aromatic heterocycles. The number of pyridine rings is 1. The van der Waals surface area contributed by atoms with E-state index in [2.05, 4.69) is 33.8 Å². The summed E-state index contributed by atoms with van der Waals surface area (Å²) < 4.78 is 7.72. The molecule has 0 spiro atoms. The Hall–Kier alpha value is -4.06. The zero-order chi connectivity index (χ0) is 21.5. The minimum absolute atomic E-state index is 0.126. The van der Waals surface area contributed by atoms with Crippen molar-refractivity contribution in [2.24, 2.45) is 0 Å². The quantitative estimate of drug-likeness (QED) is 0.378. The van der Waals surface area contributed by atoms with Crippen molar-refractivity contribution in [1.29, 1.82) is 0 Å². The predicted octanol–water partition coefficient (Wildman–Crippen LogP) is 6.03. The number of phenols is 1. The molecule has 0 atom stereocenters. The van der Waals surface area contributed by atoms with Crippen molar-refractivity contribution in [3.63, 3.8) is 0 Å². The molecule has 0 saturated carbocycles. The van der Waals surface area contributed by atoms with Crippen LogP contribution >= 0.6 is 0 Å². The lowest BCUT2D eigenvalue weighted by Crippen LogP contribution is -1.95. The number of fused-ring (bicyclic) bond motifs is 1. The van der Waals surface area contributed by atoms with E-state index in [0.717, 1.165) is 39.7 Å². The van der Waals surface area contributed by atoms with Gasteiger partial charge in [0.25, 0.3) is 0 Å². The first kappa shape index (κ1) is 18.9. The van der Waals surface area contributed by atoms with Crippen LogP contribution in [0.15, 0.2) is 71.3 Å². The average Bonchev–Trinajstić information content (AvgIpc) is 3.28. The SMILES string of the molecule is Cc1nc(C)c(-c2ccc(Nc3cccn4c(C)c(-c5ccccc5)nc34)cc2O)o1. The number of anilines is 2. The van der Waals surface area contributed by atoms with E-state index in [1.54, 1.807) is 13.0 Å². The molecule has 0 saturated heterocycles. The Bertz CT molecular complexity index is 1400. The molecule has 31 heavy (non-hydrogen) atoms. The molecule has 0 unspecified atom stereocenters. The number of rotatable bonds is 4. The highest BCUT2D eigenvalue weighted by Gasteiger charge is 2.16. The van der Waals surface area contributed by atoms with Gasteiger partial charge in [0, 0.05) is 36.1 Å². The van der Waals surface area contributed by atoms with Crippen molar-refractivity contribution in [3.05, 3.63) is 84.1 Å². The lowest BCUT2D eigenvalue weighted by Gasteiger charge is -2.10. The summed E-state index contributed by atoms with van der Waals surface area (Å²) in [6.45, 7) is 5.72. The largest absolute Gasteiger partial charge is 0.507 e. The van der Waals surface area contributed by atoms with Crippen molar-refractivity contribution in [1.82, 2.24) is 14.4 Å². The highest BCUT2D eigenvalue weighted by Crippen LogP contribution is 2.35. The molecule has 2 aromatic carbocycles. The Morgan fingerprint density at radius 2 is 1.74 bits per heavy atom. The molecular weight excluding hydrogens is 388 g/mol. The van der Waals surface area contributed by atoms with Gasteiger partial charge in [-0.1, -0.05) is 30.3 Å². The van der Waals surface area contributed by atoms with Gasteiger partial charge in [0.2, 0.25) is 0 Å². The van der Waals surface area contributed by atoms with Crippen LogP contribution in [0.2, 0.25) is 0 Å². The van der Waals surface area contributed by atoms with Crippen molar-refractivity contribution in [3.8, 4) is 28.3 Å². The summed E-state index contributed by atoms with van der Waals surface area (Å²) in [5.41, 5.74) is 6.89. The van der Waals surface area contributed by atoms with Gasteiger partial charge in [-0.05, 0) is 38.1 Å². The fraction of sp³-hybridized carbons (Fsp3) is 0.120. The summed E-state index contributed by atoms with van der Waals surface area (Å²) in [4.78, 5) is 9.18. The Morgan fingerprint density at radius 3 is 2.45 bits per heavy atom. The molecule has 0 bridgehead atoms. The van der Waals surface area contributed by atoms with Crippen LogP contribution in [-0.2, 0) is 0 Å². The number of imidazole rings is 1. The molecule has 6 nitrogen and oxygen atoms in total. The van der Waals surface area contributed by atoms with Crippen LogP contribution in [0.3, 0.4) is 0 Å². The lowest BCUT2D eigenvalue weighted by molar-refractivity contribution is 0.472. The van der Waals surface area contributed by atoms with E-state index in [1.165, 1.54) is 0 Å². The number of aromatic hydroxyl groups is 1. The molecule has 0 radical (unpaired) electrons. The monoisotopic (exact) mass is 410 g/mol. The third-order valence-corrected chi connectivity index (χ3v) is 5.36. The Morgan fingerprint density at radius 1 is 0.935 bits per heavy atom. The highest BCUT2D eigenvalue weighted by atomic mass is 16.4. The number of phenolic OH excluding ortho intramolecular Hbond substituents is 1. The fourth-order valence-electron chi connectivity index (χ4n) is 3.89. The first-order chi connectivity index (χ1) is 15.0. The molecule has 0 aliphatic heterocycles. The molecule has 0 fully saturated rings. The maximum absolute atomic E-state index is 10.6. The van der Waals surface area contributed by atoms with Crippen LogP contribution in [0, 0.1) is 20.8 Å². The first-order valence-electron chi connectivity index (χ1n) is 10.1. The van der Waals surface area contributed by atoms with Gasteiger partial charge in [0.15, 0.2) is 17.3 Å². The van der Waals surface area contributed by atoms with Gasteiger partial charge in [0.05, 0.1) is 22.6 Å². The van der Waals surface area contributed by atoms with Crippen LogP contribution in [-0.4, -0.2) is 19.5 Å². The second-order valence-electron chi connectivity index (χ2n) is 7.53.